The standard InChI is InChI=1S/C19H17N3O5/c1-25-16-9-5-3-7-14(16)20-18(24)10-17-21-19(27-22-17)12-26-15-8-4-2-6-13(15)11-23/h2-9,11H,10,12H2,1H3,(H,20,24). The van der Waals surface area contributed by atoms with Crippen LogP contribution >= 0.6 is 0 Å². The zero-order valence-electron chi connectivity index (χ0n) is 14.5. The molecule has 0 spiro atoms. The van der Waals surface area contributed by atoms with Gasteiger partial charge >= 0.3 is 0 Å². The van der Waals surface area contributed by atoms with Crippen molar-refractivity contribution in [3.8, 4) is 11.5 Å². The highest BCUT2D eigenvalue weighted by atomic mass is 16.5. The molecule has 0 fully saturated rings. The molecule has 8 nitrogen and oxygen atoms in total. The van der Waals surface area contributed by atoms with Crippen LogP contribution in [0.25, 0.3) is 0 Å². The fraction of sp³-hybridized carbons (Fsp3) is 0.158. The van der Waals surface area contributed by atoms with E-state index in [1.807, 2.05) is 6.07 Å². The van der Waals surface area contributed by atoms with Crippen LogP contribution in [-0.4, -0.2) is 29.4 Å². The molecule has 27 heavy (non-hydrogen) atoms. The average Bonchev–Trinajstić information content (AvgIpc) is 3.14. The molecule has 0 saturated heterocycles. The van der Waals surface area contributed by atoms with Gasteiger partial charge in [0.25, 0.3) is 5.89 Å². The van der Waals surface area contributed by atoms with Crippen molar-refractivity contribution in [2.24, 2.45) is 0 Å². The number of nitrogens with zero attached hydrogens (tertiary/aromatic N) is 2. The van der Waals surface area contributed by atoms with Crippen LogP contribution in [0.2, 0.25) is 0 Å². The predicted molar refractivity (Wildman–Crippen MR) is 95.8 cm³/mol. The molecule has 0 aliphatic heterocycles. The monoisotopic (exact) mass is 367 g/mol. The third-order valence-corrected chi connectivity index (χ3v) is 3.61. The van der Waals surface area contributed by atoms with Crippen LogP contribution in [0.4, 0.5) is 5.69 Å². The summed E-state index contributed by atoms with van der Waals surface area (Å²) in [5.74, 6) is 1.10. The molecule has 8 heteroatoms. The van der Waals surface area contributed by atoms with Crippen LogP contribution in [0.5, 0.6) is 11.5 Å². The Morgan fingerprint density at radius 1 is 1.15 bits per heavy atom. The Hall–Kier alpha value is -3.68. The topological polar surface area (TPSA) is 104 Å². The number of rotatable bonds is 8. The number of hydrogen-bond donors (Lipinski definition) is 1. The molecule has 0 atom stereocenters. The van der Waals surface area contributed by atoms with Crippen molar-refractivity contribution >= 4 is 17.9 Å². The average molecular weight is 367 g/mol. The first-order chi connectivity index (χ1) is 13.2. The molecule has 1 aromatic heterocycles. The van der Waals surface area contributed by atoms with Gasteiger partial charge in [0.05, 0.1) is 24.8 Å². The van der Waals surface area contributed by atoms with E-state index < -0.39 is 0 Å². The summed E-state index contributed by atoms with van der Waals surface area (Å²) in [5, 5.41) is 6.50. The first kappa shape index (κ1) is 18.1. The number of anilines is 1. The van der Waals surface area contributed by atoms with Crippen LogP contribution in [0.15, 0.2) is 53.1 Å². The normalized spacial score (nSPS) is 10.3. The van der Waals surface area contributed by atoms with E-state index in [-0.39, 0.29) is 30.7 Å². The summed E-state index contributed by atoms with van der Waals surface area (Å²) in [6.45, 7) is -0.00796. The lowest BCUT2D eigenvalue weighted by atomic mass is 10.2. The van der Waals surface area contributed by atoms with Gasteiger partial charge in [-0.25, -0.2) is 0 Å². The maximum Gasteiger partial charge on any atom is 0.264 e. The maximum atomic E-state index is 12.2. The minimum atomic E-state index is -0.306. The van der Waals surface area contributed by atoms with Crippen LogP contribution in [0.3, 0.4) is 0 Å². The molecule has 0 unspecified atom stereocenters. The molecule has 3 aromatic rings. The minimum Gasteiger partial charge on any atom is -0.495 e. The van der Waals surface area contributed by atoms with Gasteiger partial charge in [0.15, 0.2) is 18.7 Å². The van der Waals surface area contributed by atoms with Crippen LogP contribution < -0.4 is 14.8 Å². The van der Waals surface area contributed by atoms with Crippen molar-refractivity contribution in [1.82, 2.24) is 10.1 Å². The Kier molecular flexibility index (Phi) is 5.78. The lowest BCUT2D eigenvalue weighted by Crippen LogP contribution is -2.15. The van der Waals surface area contributed by atoms with Gasteiger partial charge in [-0.1, -0.05) is 29.4 Å². The largest absolute Gasteiger partial charge is 0.495 e. The smallest absolute Gasteiger partial charge is 0.264 e. The van der Waals surface area contributed by atoms with Crippen molar-refractivity contribution in [2.75, 3.05) is 12.4 Å². The summed E-state index contributed by atoms with van der Waals surface area (Å²) in [7, 11) is 1.53. The number of methoxy groups -OCH3 is 1. The molecular weight excluding hydrogens is 350 g/mol. The Labute approximate surface area is 155 Å². The second kappa shape index (κ2) is 8.61. The summed E-state index contributed by atoms with van der Waals surface area (Å²) in [6, 6.07) is 13.9. The molecule has 2 aromatic carbocycles. The lowest BCUT2D eigenvalue weighted by Gasteiger charge is -2.08. The first-order valence-electron chi connectivity index (χ1n) is 8.11. The van der Waals surface area contributed by atoms with E-state index in [2.05, 4.69) is 15.5 Å². The molecule has 1 amide bonds. The van der Waals surface area contributed by atoms with Gasteiger partial charge in [-0.2, -0.15) is 4.98 Å². The number of nitrogens with one attached hydrogen (secondary N) is 1. The van der Waals surface area contributed by atoms with E-state index in [0.29, 0.717) is 29.0 Å². The Balaban J connectivity index is 1.57. The SMILES string of the molecule is COc1ccccc1NC(=O)Cc1noc(COc2ccccc2C=O)n1. The predicted octanol–water partition coefficient (Wildman–Crippen LogP) is 2.65. The zero-order valence-corrected chi connectivity index (χ0v) is 14.5. The third kappa shape index (κ3) is 4.69. The van der Waals surface area contributed by atoms with E-state index in [1.165, 1.54) is 7.11 Å². The number of amides is 1. The highest BCUT2D eigenvalue weighted by Gasteiger charge is 2.13. The second-order valence-corrected chi connectivity index (χ2v) is 5.47. The van der Waals surface area contributed by atoms with E-state index in [1.54, 1.807) is 42.5 Å². The second-order valence-electron chi connectivity index (χ2n) is 5.47. The van der Waals surface area contributed by atoms with Gasteiger partial charge in [-0.05, 0) is 24.3 Å². The summed E-state index contributed by atoms with van der Waals surface area (Å²) in [6.07, 6.45) is 0.642. The van der Waals surface area contributed by atoms with Crippen molar-refractivity contribution < 1.29 is 23.6 Å². The van der Waals surface area contributed by atoms with Gasteiger partial charge in [0.1, 0.15) is 11.5 Å². The summed E-state index contributed by atoms with van der Waals surface area (Å²) in [5.41, 5.74) is 0.982. The number of carbonyl (C=O) groups excluding carboxylic acids is 2. The van der Waals surface area contributed by atoms with Gasteiger partial charge in [-0.3, -0.25) is 9.59 Å². The van der Waals surface area contributed by atoms with Crippen molar-refractivity contribution in [2.45, 2.75) is 13.0 Å². The highest BCUT2D eigenvalue weighted by molar-refractivity contribution is 5.93. The number of aromatic nitrogens is 2. The number of carbonyl (C=O) groups is 2. The Morgan fingerprint density at radius 2 is 1.89 bits per heavy atom. The molecule has 1 heterocycles. The number of para-hydroxylation sites is 3. The molecule has 3 rings (SSSR count). The highest BCUT2D eigenvalue weighted by Crippen LogP contribution is 2.23. The summed E-state index contributed by atoms with van der Waals surface area (Å²) in [4.78, 5) is 27.3. The third-order valence-electron chi connectivity index (χ3n) is 3.61. The molecule has 1 N–H and O–H groups in total. The fourth-order valence-electron chi connectivity index (χ4n) is 2.36. The summed E-state index contributed by atoms with van der Waals surface area (Å²) >= 11 is 0. The van der Waals surface area contributed by atoms with Gasteiger partial charge in [-0.15, -0.1) is 0 Å². The van der Waals surface area contributed by atoms with Crippen LogP contribution in [-0.2, 0) is 17.8 Å². The maximum absolute atomic E-state index is 12.2. The summed E-state index contributed by atoms with van der Waals surface area (Å²) < 4.78 is 15.8. The minimum absolute atomic E-state index is 0.00796. The van der Waals surface area contributed by atoms with Crippen LogP contribution in [0, 0.1) is 0 Å². The Morgan fingerprint density at radius 3 is 2.67 bits per heavy atom. The van der Waals surface area contributed by atoms with Gasteiger partial charge in [0, 0.05) is 0 Å². The number of aldehydes is 1. The van der Waals surface area contributed by atoms with E-state index in [0.717, 1.165) is 0 Å². The fourth-order valence-corrected chi connectivity index (χ4v) is 2.36. The van der Waals surface area contributed by atoms with Crippen molar-refractivity contribution in [3.05, 3.63) is 65.8 Å². The Bertz CT molecular complexity index is 938. The molecular formula is C19H17N3O5. The van der Waals surface area contributed by atoms with Crippen LogP contribution in [0.1, 0.15) is 22.1 Å². The molecule has 138 valence electrons. The number of hydrogen-bond acceptors (Lipinski definition) is 7. The molecule has 0 aliphatic rings. The first-order valence-corrected chi connectivity index (χ1v) is 8.11. The molecule has 0 aliphatic carbocycles. The van der Waals surface area contributed by atoms with Gasteiger partial charge in [0.2, 0.25) is 5.91 Å². The van der Waals surface area contributed by atoms with Gasteiger partial charge < -0.3 is 19.3 Å². The molecule has 0 saturated carbocycles. The van der Waals surface area contributed by atoms with Crippen molar-refractivity contribution in [3.63, 3.8) is 0 Å². The van der Waals surface area contributed by atoms with E-state index >= 15 is 0 Å². The lowest BCUT2D eigenvalue weighted by molar-refractivity contribution is -0.115. The van der Waals surface area contributed by atoms with E-state index in [4.69, 9.17) is 14.0 Å². The molecule has 0 bridgehead atoms. The zero-order chi connectivity index (χ0) is 19.1. The number of benzene rings is 2. The number of ether oxygens (including phenoxy) is 2. The van der Waals surface area contributed by atoms with Crippen molar-refractivity contribution in [1.29, 1.82) is 0 Å². The quantitative estimate of drug-likeness (QED) is 0.610. The molecule has 0 radical (unpaired) electrons. The van der Waals surface area contributed by atoms with E-state index in [9.17, 15) is 9.59 Å².